The van der Waals surface area contributed by atoms with Crippen LogP contribution in [0.4, 0.5) is 0 Å². The Morgan fingerprint density at radius 2 is 1.73 bits per heavy atom. The summed E-state index contributed by atoms with van der Waals surface area (Å²) in [5.41, 5.74) is 3.69. The highest BCUT2D eigenvalue weighted by Gasteiger charge is 2.23. The lowest BCUT2D eigenvalue weighted by molar-refractivity contribution is -0.206. The summed E-state index contributed by atoms with van der Waals surface area (Å²) in [6.45, 7) is 7.80. The molecule has 1 heterocycles. The molecule has 0 saturated carbocycles. The molecule has 1 fully saturated rings. The molecule has 0 aromatic heterocycles. The van der Waals surface area contributed by atoms with Crippen molar-refractivity contribution in [3.63, 3.8) is 0 Å². The number of hydrogen-bond acceptors (Lipinski definition) is 4. The van der Waals surface area contributed by atoms with Crippen molar-refractivity contribution in [2.75, 3.05) is 13.2 Å². The number of ether oxygens (including phenoxy) is 3. The van der Waals surface area contributed by atoms with E-state index in [4.69, 9.17) is 14.2 Å². The Kier molecular flexibility index (Phi) is 8.47. The quantitative estimate of drug-likeness (QED) is 0.272. The zero-order valence-corrected chi connectivity index (χ0v) is 18.5. The number of hydrogen-bond donors (Lipinski definition) is 0. The fourth-order valence-electron chi connectivity index (χ4n) is 3.79. The van der Waals surface area contributed by atoms with E-state index in [9.17, 15) is 4.79 Å². The number of carbonyl (C=O) groups is 1. The number of esters is 1. The van der Waals surface area contributed by atoms with Crippen molar-refractivity contribution in [2.24, 2.45) is 5.92 Å². The average molecular weight is 411 g/mol. The van der Waals surface area contributed by atoms with Crippen LogP contribution in [0, 0.1) is 12.8 Å². The van der Waals surface area contributed by atoms with Crippen molar-refractivity contribution < 1.29 is 19.0 Å². The van der Waals surface area contributed by atoms with Gasteiger partial charge in [-0.2, -0.15) is 0 Å². The summed E-state index contributed by atoms with van der Waals surface area (Å²) in [4.78, 5) is 12.5. The van der Waals surface area contributed by atoms with Crippen LogP contribution in [0.1, 0.15) is 79.3 Å². The van der Waals surface area contributed by atoms with E-state index in [0.717, 1.165) is 43.6 Å². The summed E-state index contributed by atoms with van der Waals surface area (Å²) in [6.07, 6.45) is 6.65. The lowest BCUT2D eigenvalue weighted by Crippen LogP contribution is -2.27. The molecule has 0 radical (unpaired) electrons. The Bertz CT molecular complexity index is 804. The van der Waals surface area contributed by atoms with Crippen molar-refractivity contribution >= 4 is 5.97 Å². The molecule has 1 aliphatic rings. The minimum Gasteiger partial charge on any atom is -0.423 e. The molecule has 0 amide bonds. The van der Waals surface area contributed by atoms with Crippen LogP contribution in [0.3, 0.4) is 0 Å². The fraction of sp³-hybridized carbons (Fsp3) is 0.500. The van der Waals surface area contributed by atoms with Gasteiger partial charge in [-0.15, -0.1) is 0 Å². The Balaban J connectivity index is 1.54. The largest absolute Gasteiger partial charge is 0.423 e. The molecule has 0 N–H and O–H groups in total. The second-order valence-electron chi connectivity index (χ2n) is 8.22. The van der Waals surface area contributed by atoms with Crippen molar-refractivity contribution in [3.05, 3.63) is 64.7 Å². The molecule has 0 unspecified atom stereocenters. The van der Waals surface area contributed by atoms with Gasteiger partial charge in [-0.25, -0.2) is 4.79 Å². The van der Waals surface area contributed by atoms with Gasteiger partial charge < -0.3 is 14.2 Å². The van der Waals surface area contributed by atoms with Gasteiger partial charge in [0.15, 0.2) is 6.29 Å². The molecule has 4 heteroatoms. The second-order valence-corrected chi connectivity index (χ2v) is 8.22. The molecule has 1 saturated heterocycles. The maximum absolute atomic E-state index is 12.5. The highest BCUT2D eigenvalue weighted by Crippen LogP contribution is 2.28. The van der Waals surface area contributed by atoms with Gasteiger partial charge in [0.05, 0.1) is 18.8 Å². The van der Waals surface area contributed by atoms with Crippen LogP contribution in [-0.2, 0) is 15.9 Å². The van der Waals surface area contributed by atoms with Gasteiger partial charge in [0, 0.05) is 11.5 Å². The van der Waals surface area contributed by atoms with Crippen molar-refractivity contribution in [3.8, 4) is 5.75 Å². The van der Waals surface area contributed by atoms with Gasteiger partial charge >= 0.3 is 5.97 Å². The second kappa shape index (κ2) is 11.3. The highest BCUT2D eigenvalue weighted by atomic mass is 16.7. The van der Waals surface area contributed by atoms with Gasteiger partial charge in [0.25, 0.3) is 0 Å². The van der Waals surface area contributed by atoms with Crippen LogP contribution in [0.2, 0.25) is 0 Å². The molecule has 2 aromatic carbocycles. The molecule has 162 valence electrons. The van der Waals surface area contributed by atoms with Crippen molar-refractivity contribution in [2.45, 2.75) is 65.6 Å². The van der Waals surface area contributed by atoms with Crippen molar-refractivity contribution in [1.82, 2.24) is 0 Å². The van der Waals surface area contributed by atoms with E-state index >= 15 is 0 Å². The first kappa shape index (κ1) is 22.5. The van der Waals surface area contributed by atoms with Gasteiger partial charge in [-0.3, -0.25) is 0 Å². The third-order valence-corrected chi connectivity index (χ3v) is 5.58. The molecular formula is C26H34O4. The third kappa shape index (κ3) is 6.16. The normalized spacial score (nSPS) is 18.9. The molecule has 3 rings (SSSR count). The number of benzene rings is 2. The van der Waals surface area contributed by atoms with E-state index in [2.05, 4.69) is 19.9 Å². The lowest BCUT2D eigenvalue weighted by atomic mass is 10.0. The monoisotopic (exact) mass is 410 g/mol. The summed E-state index contributed by atoms with van der Waals surface area (Å²) in [6, 6.07) is 13.3. The maximum atomic E-state index is 12.5. The zero-order chi connectivity index (χ0) is 21.3. The van der Waals surface area contributed by atoms with Crippen LogP contribution >= 0.6 is 0 Å². The fourth-order valence-corrected chi connectivity index (χ4v) is 3.79. The smallest absolute Gasteiger partial charge is 0.343 e. The standard InChI is InChI=1S/C26H34O4/c1-4-6-7-9-21-17-28-26(29-18-21)23-13-11-22(12-14-23)25(27)30-24-15-10-20(8-5-2)16-19(24)3/h10-16,21,26H,4-9,17-18H2,1-3H3. The summed E-state index contributed by atoms with van der Waals surface area (Å²) in [5.74, 6) is 0.736. The van der Waals surface area contributed by atoms with E-state index < -0.39 is 0 Å². The molecule has 1 aliphatic heterocycles. The predicted molar refractivity (Wildman–Crippen MR) is 119 cm³/mol. The van der Waals surface area contributed by atoms with Crippen LogP contribution in [0.15, 0.2) is 42.5 Å². The number of unbranched alkanes of at least 4 members (excludes halogenated alkanes) is 2. The topological polar surface area (TPSA) is 44.8 Å². The molecule has 4 nitrogen and oxygen atoms in total. The van der Waals surface area contributed by atoms with Gasteiger partial charge in [-0.1, -0.05) is 63.8 Å². The Morgan fingerprint density at radius 1 is 1.00 bits per heavy atom. The summed E-state index contributed by atoms with van der Waals surface area (Å²) < 4.78 is 17.4. The third-order valence-electron chi connectivity index (χ3n) is 5.58. The van der Waals surface area contributed by atoms with Crippen LogP contribution < -0.4 is 4.74 Å². The minimum atomic E-state index is -0.356. The highest BCUT2D eigenvalue weighted by molar-refractivity contribution is 5.91. The number of aryl methyl sites for hydroxylation is 2. The molecule has 0 atom stereocenters. The Labute approximate surface area is 180 Å². The Hall–Kier alpha value is -2.17. The van der Waals surface area contributed by atoms with Crippen molar-refractivity contribution in [1.29, 1.82) is 0 Å². The molecule has 0 spiro atoms. The molecular weight excluding hydrogens is 376 g/mol. The van der Waals surface area contributed by atoms with Gasteiger partial charge in [0.2, 0.25) is 0 Å². The minimum absolute atomic E-state index is 0.352. The first-order chi connectivity index (χ1) is 14.6. The van der Waals surface area contributed by atoms with Gasteiger partial charge in [0.1, 0.15) is 5.75 Å². The summed E-state index contributed by atoms with van der Waals surface area (Å²) in [7, 11) is 0. The van der Waals surface area contributed by atoms with E-state index in [1.165, 1.54) is 24.8 Å². The SMILES string of the molecule is CCCCCC1COC(c2ccc(C(=O)Oc3ccc(CCC)cc3C)cc2)OC1. The van der Waals surface area contributed by atoms with Gasteiger partial charge in [-0.05, 0) is 49.1 Å². The molecule has 2 aromatic rings. The van der Waals surface area contributed by atoms with E-state index in [1.807, 2.05) is 31.2 Å². The first-order valence-electron chi connectivity index (χ1n) is 11.3. The zero-order valence-electron chi connectivity index (χ0n) is 18.5. The average Bonchev–Trinajstić information content (AvgIpc) is 2.77. The predicted octanol–water partition coefficient (Wildman–Crippen LogP) is 6.41. The number of carbonyl (C=O) groups excluding carboxylic acids is 1. The molecule has 0 bridgehead atoms. The van der Waals surface area contributed by atoms with Crippen LogP contribution in [0.25, 0.3) is 0 Å². The lowest BCUT2D eigenvalue weighted by Gasteiger charge is -2.29. The maximum Gasteiger partial charge on any atom is 0.343 e. The summed E-state index contributed by atoms with van der Waals surface area (Å²) in [5, 5.41) is 0. The Morgan fingerprint density at radius 3 is 2.37 bits per heavy atom. The molecule has 30 heavy (non-hydrogen) atoms. The number of rotatable bonds is 9. The first-order valence-corrected chi connectivity index (χ1v) is 11.3. The van der Waals surface area contributed by atoms with E-state index in [0.29, 0.717) is 17.2 Å². The van der Waals surface area contributed by atoms with Crippen LogP contribution in [-0.4, -0.2) is 19.2 Å². The molecule has 0 aliphatic carbocycles. The van der Waals surface area contributed by atoms with E-state index in [1.54, 1.807) is 12.1 Å². The van der Waals surface area contributed by atoms with Crippen LogP contribution in [0.5, 0.6) is 5.75 Å². The van der Waals surface area contributed by atoms with E-state index in [-0.39, 0.29) is 12.3 Å². The summed E-state index contributed by atoms with van der Waals surface area (Å²) >= 11 is 0.